The zero-order chi connectivity index (χ0) is 12.5. The van der Waals surface area contributed by atoms with Gasteiger partial charge in [0.2, 0.25) is 0 Å². The molecule has 0 atom stereocenters. The van der Waals surface area contributed by atoms with Gasteiger partial charge in [0.1, 0.15) is 0 Å². The summed E-state index contributed by atoms with van der Waals surface area (Å²) in [5, 5.41) is 0. The third-order valence-electron chi connectivity index (χ3n) is 4.54. The van der Waals surface area contributed by atoms with Crippen molar-refractivity contribution in [2.24, 2.45) is 16.6 Å². The van der Waals surface area contributed by atoms with E-state index in [9.17, 15) is 0 Å². The SMILES string of the molecule is CCCC1CCC2(CC1)CN=C(N)N2C(C)C. The average molecular weight is 237 g/mol. The van der Waals surface area contributed by atoms with Crippen LogP contribution in [0, 0.1) is 5.92 Å². The monoisotopic (exact) mass is 237 g/mol. The molecule has 2 rings (SSSR count). The summed E-state index contributed by atoms with van der Waals surface area (Å²) in [5.74, 6) is 1.72. The molecule has 0 radical (unpaired) electrons. The summed E-state index contributed by atoms with van der Waals surface area (Å²) < 4.78 is 0. The number of nitrogens with zero attached hydrogens (tertiary/aromatic N) is 2. The number of rotatable bonds is 3. The first-order valence-electron chi connectivity index (χ1n) is 7.18. The van der Waals surface area contributed by atoms with E-state index in [2.05, 4.69) is 30.7 Å². The van der Waals surface area contributed by atoms with Gasteiger partial charge in [-0.1, -0.05) is 19.8 Å². The first-order valence-corrected chi connectivity index (χ1v) is 7.18. The Morgan fingerprint density at radius 1 is 1.41 bits per heavy atom. The fourth-order valence-corrected chi connectivity index (χ4v) is 3.75. The molecule has 0 unspecified atom stereocenters. The Bertz CT molecular complexity index is 288. The Balaban J connectivity index is 2.02. The quantitative estimate of drug-likeness (QED) is 0.820. The first-order chi connectivity index (χ1) is 8.09. The second-order valence-corrected chi connectivity index (χ2v) is 6.09. The zero-order valence-corrected chi connectivity index (χ0v) is 11.6. The fraction of sp³-hybridized carbons (Fsp3) is 0.929. The molecule has 1 spiro atoms. The lowest BCUT2D eigenvalue weighted by atomic mass is 9.74. The summed E-state index contributed by atoms with van der Waals surface area (Å²) in [4.78, 5) is 6.89. The van der Waals surface area contributed by atoms with E-state index in [-0.39, 0.29) is 5.54 Å². The van der Waals surface area contributed by atoms with Crippen molar-refractivity contribution in [3.8, 4) is 0 Å². The van der Waals surface area contributed by atoms with Gasteiger partial charge in [0, 0.05) is 6.04 Å². The van der Waals surface area contributed by atoms with Gasteiger partial charge in [0.05, 0.1) is 12.1 Å². The van der Waals surface area contributed by atoms with Gasteiger partial charge in [-0.25, -0.2) is 0 Å². The number of hydrogen-bond donors (Lipinski definition) is 1. The maximum absolute atomic E-state index is 6.05. The van der Waals surface area contributed by atoms with E-state index in [4.69, 9.17) is 5.73 Å². The van der Waals surface area contributed by atoms with Crippen molar-refractivity contribution in [2.75, 3.05) is 6.54 Å². The lowest BCUT2D eigenvalue weighted by molar-refractivity contribution is 0.0920. The van der Waals surface area contributed by atoms with Gasteiger partial charge in [-0.15, -0.1) is 0 Å². The first kappa shape index (κ1) is 12.7. The second-order valence-electron chi connectivity index (χ2n) is 6.09. The highest BCUT2D eigenvalue weighted by Crippen LogP contribution is 2.41. The van der Waals surface area contributed by atoms with E-state index in [1.165, 1.54) is 38.5 Å². The molecule has 2 aliphatic rings. The fourth-order valence-electron chi connectivity index (χ4n) is 3.75. The van der Waals surface area contributed by atoms with Crippen molar-refractivity contribution in [1.82, 2.24) is 4.90 Å². The zero-order valence-electron chi connectivity index (χ0n) is 11.6. The Hall–Kier alpha value is -0.730. The average Bonchev–Trinajstić information content (AvgIpc) is 2.60. The molecule has 0 bridgehead atoms. The van der Waals surface area contributed by atoms with Gasteiger partial charge in [0.15, 0.2) is 5.96 Å². The number of nitrogens with two attached hydrogens (primary N) is 1. The van der Waals surface area contributed by atoms with E-state index in [0.29, 0.717) is 6.04 Å². The maximum atomic E-state index is 6.05. The molecule has 1 aliphatic carbocycles. The molecule has 98 valence electrons. The number of guanidine groups is 1. The molecule has 1 saturated carbocycles. The van der Waals surface area contributed by atoms with Crippen LogP contribution in [-0.4, -0.2) is 29.0 Å². The standard InChI is InChI=1S/C14H27N3/c1-4-5-12-6-8-14(9-7-12)10-16-13(15)17(14)11(2)3/h11-12H,4-10H2,1-3H3,(H2,15,16). The molecule has 0 aromatic rings. The highest BCUT2D eigenvalue weighted by atomic mass is 15.4. The third-order valence-corrected chi connectivity index (χ3v) is 4.54. The van der Waals surface area contributed by atoms with Gasteiger partial charge in [-0.3, -0.25) is 4.99 Å². The van der Waals surface area contributed by atoms with Crippen LogP contribution in [-0.2, 0) is 0 Å². The van der Waals surface area contributed by atoms with Crippen LogP contribution in [0.25, 0.3) is 0 Å². The van der Waals surface area contributed by atoms with Gasteiger partial charge < -0.3 is 10.6 Å². The maximum Gasteiger partial charge on any atom is 0.192 e. The minimum Gasteiger partial charge on any atom is -0.370 e. The van der Waals surface area contributed by atoms with E-state index >= 15 is 0 Å². The molecule has 3 heteroatoms. The van der Waals surface area contributed by atoms with Crippen LogP contribution in [0.4, 0.5) is 0 Å². The molecule has 0 amide bonds. The van der Waals surface area contributed by atoms with Crippen LogP contribution >= 0.6 is 0 Å². The predicted octanol–water partition coefficient (Wildman–Crippen LogP) is 2.75. The summed E-state index contributed by atoms with van der Waals surface area (Å²) in [6.45, 7) is 7.68. The Morgan fingerprint density at radius 2 is 2.06 bits per heavy atom. The summed E-state index contributed by atoms with van der Waals surface area (Å²) in [6.07, 6.45) is 8.00. The van der Waals surface area contributed by atoms with Crippen LogP contribution in [0.3, 0.4) is 0 Å². The van der Waals surface area contributed by atoms with Gasteiger partial charge in [-0.05, 0) is 45.4 Å². The lowest BCUT2D eigenvalue weighted by Gasteiger charge is -2.46. The normalized spacial score (nSPS) is 33.5. The van der Waals surface area contributed by atoms with Crippen LogP contribution in [0.15, 0.2) is 4.99 Å². The van der Waals surface area contributed by atoms with Crippen molar-refractivity contribution >= 4 is 5.96 Å². The van der Waals surface area contributed by atoms with Gasteiger partial charge in [0.25, 0.3) is 0 Å². The summed E-state index contributed by atoms with van der Waals surface area (Å²) >= 11 is 0. The molecule has 1 aliphatic heterocycles. The molecule has 0 saturated heterocycles. The minimum atomic E-state index is 0.266. The molecule has 1 fully saturated rings. The predicted molar refractivity (Wildman–Crippen MR) is 73.1 cm³/mol. The third kappa shape index (κ3) is 2.29. The summed E-state index contributed by atoms with van der Waals surface area (Å²) in [6, 6.07) is 0.476. The Morgan fingerprint density at radius 3 is 2.59 bits per heavy atom. The number of aliphatic imine (C=N–C) groups is 1. The van der Waals surface area contributed by atoms with Crippen molar-refractivity contribution in [1.29, 1.82) is 0 Å². The van der Waals surface area contributed by atoms with Crippen LogP contribution < -0.4 is 5.73 Å². The van der Waals surface area contributed by atoms with E-state index < -0.39 is 0 Å². The number of hydrogen-bond acceptors (Lipinski definition) is 3. The van der Waals surface area contributed by atoms with Crippen LogP contribution in [0.5, 0.6) is 0 Å². The van der Waals surface area contributed by atoms with E-state index in [1.54, 1.807) is 0 Å². The highest BCUT2D eigenvalue weighted by Gasteiger charge is 2.45. The van der Waals surface area contributed by atoms with Crippen LogP contribution in [0.2, 0.25) is 0 Å². The van der Waals surface area contributed by atoms with Crippen molar-refractivity contribution in [3.63, 3.8) is 0 Å². The minimum absolute atomic E-state index is 0.266. The summed E-state index contributed by atoms with van der Waals surface area (Å²) in [5.41, 5.74) is 6.32. The van der Waals surface area contributed by atoms with Crippen molar-refractivity contribution in [3.05, 3.63) is 0 Å². The Kier molecular flexibility index (Phi) is 3.64. The highest BCUT2D eigenvalue weighted by molar-refractivity contribution is 5.81. The molecule has 0 aromatic heterocycles. The van der Waals surface area contributed by atoms with Gasteiger partial charge >= 0.3 is 0 Å². The molecule has 2 N–H and O–H groups in total. The smallest absolute Gasteiger partial charge is 0.192 e. The van der Waals surface area contributed by atoms with E-state index in [0.717, 1.165) is 18.4 Å². The topological polar surface area (TPSA) is 41.6 Å². The summed E-state index contributed by atoms with van der Waals surface area (Å²) in [7, 11) is 0. The van der Waals surface area contributed by atoms with E-state index in [1.807, 2.05) is 0 Å². The molecule has 3 nitrogen and oxygen atoms in total. The van der Waals surface area contributed by atoms with Gasteiger partial charge in [-0.2, -0.15) is 0 Å². The molecule has 0 aromatic carbocycles. The molecular weight excluding hydrogens is 210 g/mol. The Labute approximate surface area is 105 Å². The molecule has 1 heterocycles. The van der Waals surface area contributed by atoms with Crippen LogP contribution in [0.1, 0.15) is 59.3 Å². The molecule has 17 heavy (non-hydrogen) atoms. The molecular formula is C14H27N3. The largest absolute Gasteiger partial charge is 0.370 e. The van der Waals surface area contributed by atoms with Crippen molar-refractivity contribution in [2.45, 2.75) is 70.9 Å². The van der Waals surface area contributed by atoms with Crippen molar-refractivity contribution < 1.29 is 0 Å². The second kappa shape index (κ2) is 4.87. The lowest BCUT2D eigenvalue weighted by Crippen LogP contribution is -2.56.